The molecule has 0 fully saturated rings. The number of benzene rings is 2. The first kappa shape index (κ1) is 14.8. The van der Waals surface area contributed by atoms with E-state index in [1.165, 1.54) is 30.0 Å². The molecule has 23 heavy (non-hydrogen) atoms. The van der Waals surface area contributed by atoms with E-state index in [1.54, 1.807) is 12.1 Å². The van der Waals surface area contributed by atoms with Gasteiger partial charge in [-0.25, -0.2) is 4.98 Å². The Morgan fingerprint density at radius 2 is 2.00 bits per heavy atom. The third-order valence-corrected chi connectivity index (χ3v) is 4.09. The summed E-state index contributed by atoms with van der Waals surface area (Å²) in [7, 11) is 0. The molecular weight excluding hydrogens is 312 g/mol. The average Bonchev–Trinajstić information content (AvgIpc) is 2.97. The number of fused-ring (bicyclic) bond motifs is 1. The highest BCUT2D eigenvalue weighted by Crippen LogP contribution is 2.34. The van der Waals surface area contributed by atoms with Crippen LogP contribution >= 0.6 is 11.8 Å². The van der Waals surface area contributed by atoms with Gasteiger partial charge in [-0.15, -0.1) is 0 Å². The Bertz CT molecular complexity index is 906. The lowest BCUT2D eigenvalue weighted by Gasteiger charge is -2.03. The summed E-state index contributed by atoms with van der Waals surface area (Å²) in [5, 5.41) is 20.4. The maximum Gasteiger partial charge on any atom is 0.269 e. The zero-order chi connectivity index (χ0) is 16.2. The van der Waals surface area contributed by atoms with Crippen molar-refractivity contribution >= 4 is 33.4 Å². The molecule has 1 aromatic heterocycles. The van der Waals surface area contributed by atoms with Crippen LogP contribution in [0.15, 0.2) is 59.8 Å². The molecule has 0 unspecified atom stereocenters. The number of imidazole rings is 1. The van der Waals surface area contributed by atoms with Crippen LogP contribution < -0.4 is 0 Å². The standard InChI is InChI=1S/C16H10N4O2S/c17-10-9-15(11-5-7-12(8-6-11)20(21)22)23-16-18-13-3-1-2-4-14(13)19-16/h1-9H,(H,18,19)/b15-9+. The molecule has 0 spiro atoms. The molecule has 1 heterocycles. The van der Waals surface area contributed by atoms with Gasteiger partial charge in [0.15, 0.2) is 5.16 Å². The van der Waals surface area contributed by atoms with Crippen molar-refractivity contribution in [1.82, 2.24) is 9.97 Å². The monoisotopic (exact) mass is 322 g/mol. The Balaban J connectivity index is 1.91. The molecule has 0 saturated carbocycles. The van der Waals surface area contributed by atoms with Crippen LogP contribution in [0.5, 0.6) is 0 Å². The first-order valence-electron chi connectivity index (χ1n) is 6.64. The maximum atomic E-state index is 10.7. The number of nitriles is 1. The zero-order valence-corrected chi connectivity index (χ0v) is 12.6. The van der Waals surface area contributed by atoms with Crippen LogP contribution in [0.25, 0.3) is 15.9 Å². The van der Waals surface area contributed by atoms with Crippen LogP contribution in [0.1, 0.15) is 5.56 Å². The Hall–Kier alpha value is -3.11. The number of allylic oxidation sites excluding steroid dienone is 1. The number of H-pyrrole nitrogens is 1. The maximum absolute atomic E-state index is 10.7. The average molecular weight is 322 g/mol. The minimum absolute atomic E-state index is 0.0128. The molecule has 0 amide bonds. The number of non-ortho nitro benzene ring substituents is 1. The van der Waals surface area contributed by atoms with Gasteiger partial charge in [0.05, 0.1) is 22.0 Å². The lowest BCUT2D eigenvalue weighted by atomic mass is 10.2. The molecule has 3 aromatic rings. The molecule has 3 rings (SSSR count). The van der Waals surface area contributed by atoms with Gasteiger partial charge in [0.2, 0.25) is 0 Å². The molecule has 2 aromatic carbocycles. The van der Waals surface area contributed by atoms with Crippen molar-refractivity contribution in [3.8, 4) is 6.07 Å². The molecule has 0 atom stereocenters. The minimum Gasteiger partial charge on any atom is -0.333 e. The summed E-state index contributed by atoms with van der Waals surface area (Å²) in [5.41, 5.74) is 2.49. The van der Waals surface area contributed by atoms with Gasteiger partial charge in [0.25, 0.3) is 5.69 Å². The summed E-state index contributed by atoms with van der Waals surface area (Å²) in [6.07, 6.45) is 1.40. The van der Waals surface area contributed by atoms with Gasteiger partial charge in [-0.05, 0) is 29.8 Å². The predicted octanol–water partition coefficient (Wildman–Crippen LogP) is 4.13. The summed E-state index contributed by atoms with van der Waals surface area (Å²) in [6.45, 7) is 0. The predicted molar refractivity (Wildman–Crippen MR) is 88.6 cm³/mol. The van der Waals surface area contributed by atoms with Crippen molar-refractivity contribution < 1.29 is 4.92 Å². The van der Waals surface area contributed by atoms with Crippen LogP contribution in [-0.4, -0.2) is 14.9 Å². The van der Waals surface area contributed by atoms with E-state index >= 15 is 0 Å². The van der Waals surface area contributed by atoms with E-state index in [2.05, 4.69) is 9.97 Å². The van der Waals surface area contributed by atoms with Gasteiger partial charge in [-0.2, -0.15) is 5.26 Å². The smallest absolute Gasteiger partial charge is 0.269 e. The third-order valence-electron chi connectivity index (χ3n) is 3.13. The fraction of sp³-hybridized carbons (Fsp3) is 0. The summed E-state index contributed by atoms with van der Waals surface area (Å²) >= 11 is 1.31. The van der Waals surface area contributed by atoms with Crippen molar-refractivity contribution in [2.75, 3.05) is 0 Å². The number of nitrogens with zero attached hydrogens (tertiary/aromatic N) is 3. The Kier molecular flexibility index (Phi) is 4.08. The number of aromatic amines is 1. The van der Waals surface area contributed by atoms with Crippen LogP contribution in [0.2, 0.25) is 0 Å². The number of thioether (sulfide) groups is 1. The molecule has 1 N–H and O–H groups in total. The second-order valence-electron chi connectivity index (χ2n) is 4.60. The van der Waals surface area contributed by atoms with E-state index < -0.39 is 4.92 Å². The van der Waals surface area contributed by atoms with E-state index in [0.29, 0.717) is 10.1 Å². The molecule has 0 aliphatic rings. The van der Waals surface area contributed by atoms with Crippen molar-refractivity contribution in [2.24, 2.45) is 0 Å². The molecule has 0 aliphatic carbocycles. The van der Waals surface area contributed by atoms with E-state index in [9.17, 15) is 10.1 Å². The molecule has 0 radical (unpaired) electrons. The number of hydrogen-bond acceptors (Lipinski definition) is 5. The normalized spacial score (nSPS) is 11.3. The topological polar surface area (TPSA) is 95.6 Å². The molecule has 112 valence electrons. The summed E-state index contributed by atoms with van der Waals surface area (Å²) in [4.78, 5) is 18.6. The fourth-order valence-electron chi connectivity index (χ4n) is 2.06. The minimum atomic E-state index is -0.455. The summed E-state index contributed by atoms with van der Waals surface area (Å²) in [5.74, 6) is 0. The summed E-state index contributed by atoms with van der Waals surface area (Å²) in [6, 6.07) is 15.7. The van der Waals surface area contributed by atoms with Crippen molar-refractivity contribution in [2.45, 2.75) is 5.16 Å². The number of para-hydroxylation sites is 2. The first-order valence-corrected chi connectivity index (χ1v) is 7.46. The highest BCUT2D eigenvalue weighted by atomic mass is 32.2. The number of nitrogens with one attached hydrogen (secondary N) is 1. The SMILES string of the molecule is N#C/C=C(/Sc1nc2ccccc2[nH]1)c1ccc([N+](=O)[O-])cc1. The second-order valence-corrected chi connectivity index (χ2v) is 5.63. The van der Waals surface area contributed by atoms with Crippen molar-refractivity contribution in [1.29, 1.82) is 5.26 Å². The van der Waals surface area contributed by atoms with Gasteiger partial charge in [-0.1, -0.05) is 23.9 Å². The van der Waals surface area contributed by atoms with Crippen molar-refractivity contribution in [3.63, 3.8) is 0 Å². The van der Waals surface area contributed by atoms with Crippen LogP contribution in [-0.2, 0) is 0 Å². The van der Waals surface area contributed by atoms with E-state index in [0.717, 1.165) is 16.6 Å². The van der Waals surface area contributed by atoms with Crippen LogP contribution in [0, 0.1) is 21.4 Å². The number of aromatic nitrogens is 2. The molecule has 0 saturated heterocycles. The summed E-state index contributed by atoms with van der Waals surface area (Å²) < 4.78 is 0. The van der Waals surface area contributed by atoms with Crippen molar-refractivity contribution in [3.05, 3.63) is 70.3 Å². The Labute approximate surface area is 135 Å². The van der Waals surface area contributed by atoms with Gasteiger partial charge in [0, 0.05) is 23.1 Å². The van der Waals surface area contributed by atoms with E-state index in [1.807, 2.05) is 30.3 Å². The second kappa shape index (κ2) is 6.34. The third kappa shape index (κ3) is 3.22. The van der Waals surface area contributed by atoms with Crippen LogP contribution in [0.3, 0.4) is 0 Å². The fourth-order valence-corrected chi connectivity index (χ4v) is 2.94. The molecular formula is C16H10N4O2S. The van der Waals surface area contributed by atoms with Gasteiger partial charge in [0.1, 0.15) is 0 Å². The first-order chi connectivity index (χ1) is 11.2. The molecule has 6 nitrogen and oxygen atoms in total. The number of nitro benzene ring substituents is 1. The van der Waals surface area contributed by atoms with E-state index in [-0.39, 0.29) is 5.69 Å². The highest BCUT2D eigenvalue weighted by molar-refractivity contribution is 8.08. The quantitative estimate of drug-likeness (QED) is 0.337. The largest absolute Gasteiger partial charge is 0.333 e. The molecule has 7 heteroatoms. The number of nitro groups is 1. The van der Waals surface area contributed by atoms with Gasteiger partial charge < -0.3 is 4.98 Å². The van der Waals surface area contributed by atoms with Gasteiger partial charge in [-0.3, -0.25) is 10.1 Å². The molecule has 0 bridgehead atoms. The van der Waals surface area contributed by atoms with Gasteiger partial charge >= 0.3 is 0 Å². The molecule has 0 aliphatic heterocycles. The number of hydrogen-bond donors (Lipinski definition) is 1. The lowest BCUT2D eigenvalue weighted by Crippen LogP contribution is -1.88. The van der Waals surface area contributed by atoms with Crippen LogP contribution in [0.4, 0.5) is 5.69 Å². The Morgan fingerprint density at radius 1 is 1.26 bits per heavy atom. The Morgan fingerprint density at radius 3 is 2.65 bits per heavy atom. The van der Waals surface area contributed by atoms with E-state index in [4.69, 9.17) is 5.26 Å². The lowest BCUT2D eigenvalue weighted by molar-refractivity contribution is -0.384. The zero-order valence-electron chi connectivity index (χ0n) is 11.8. The highest BCUT2D eigenvalue weighted by Gasteiger charge is 2.11. The number of rotatable bonds is 4.